The van der Waals surface area contributed by atoms with E-state index in [9.17, 15) is 10.1 Å². The minimum atomic E-state index is -0.459. The fraction of sp³-hybridized carbons (Fsp3) is 0.154. The summed E-state index contributed by atoms with van der Waals surface area (Å²) in [7, 11) is 0. The molecule has 3 rings (SSSR count). The largest absolute Gasteiger partial charge is 0.326 e. The molecular formula is C13H10ClN3O2. The zero-order chi connectivity index (χ0) is 13.4. The average Bonchev–Trinajstić information content (AvgIpc) is 2.81. The first kappa shape index (κ1) is 11.9. The van der Waals surface area contributed by atoms with Crippen molar-refractivity contribution in [2.45, 2.75) is 6.42 Å². The lowest BCUT2D eigenvalue weighted by Crippen LogP contribution is -2.15. The van der Waals surface area contributed by atoms with Gasteiger partial charge in [0.15, 0.2) is 0 Å². The van der Waals surface area contributed by atoms with Gasteiger partial charge < -0.3 is 4.90 Å². The summed E-state index contributed by atoms with van der Waals surface area (Å²) >= 11 is 5.86. The van der Waals surface area contributed by atoms with Gasteiger partial charge in [-0.1, -0.05) is 29.8 Å². The van der Waals surface area contributed by atoms with Crippen LogP contribution in [0.4, 0.5) is 17.2 Å². The van der Waals surface area contributed by atoms with Gasteiger partial charge in [0, 0.05) is 12.2 Å². The van der Waals surface area contributed by atoms with Gasteiger partial charge in [0.25, 0.3) is 5.69 Å². The van der Waals surface area contributed by atoms with Gasteiger partial charge in [0.2, 0.25) is 0 Å². The number of pyridine rings is 1. The highest BCUT2D eigenvalue weighted by atomic mass is 35.5. The van der Waals surface area contributed by atoms with Crippen molar-refractivity contribution >= 4 is 28.8 Å². The minimum Gasteiger partial charge on any atom is -0.326 e. The molecule has 2 heterocycles. The maximum atomic E-state index is 10.9. The van der Waals surface area contributed by atoms with E-state index in [0.717, 1.165) is 18.7 Å². The summed E-state index contributed by atoms with van der Waals surface area (Å²) in [6.07, 6.45) is 0.901. The van der Waals surface area contributed by atoms with Crippen LogP contribution in [0.2, 0.25) is 5.15 Å². The Balaban J connectivity index is 2.07. The van der Waals surface area contributed by atoms with E-state index in [2.05, 4.69) is 4.98 Å². The van der Waals surface area contributed by atoms with Gasteiger partial charge >= 0.3 is 0 Å². The molecule has 0 saturated carbocycles. The first-order chi connectivity index (χ1) is 9.15. The van der Waals surface area contributed by atoms with Gasteiger partial charge in [0.1, 0.15) is 11.0 Å². The molecule has 0 atom stereocenters. The van der Waals surface area contributed by atoms with Gasteiger partial charge in [0.05, 0.1) is 17.1 Å². The zero-order valence-corrected chi connectivity index (χ0v) is 10.7. The highest BCUT2D eigenvalue weighted by Crippen LogP contribution is 2.35. The van der Waals surface area contributed by atoms with Crippen molar-refractivity contribution in [2.24, 2.45) is 0 Å². The Labute approximate surface area is 114 Å². The van der Waals surface area contributed by atoms with Crippen molar-refractivity contribution in [1.29, 1.82) is 0 Å². The van der Waals surface area contributed by atoms with Crippen LogP contribution in [0, 0.1) is 10.1 Å². The van der Waals surface area contributed by atoms with E-state index in [1.54, 1.807) is 0 Å². The molecule has 0 spiro atoms. The number of nitro groups is 1. The Morgan fingerprint density at radius 1 is 1.32 bits per heavy atom. The number of fused-ring (bicyclic) bond motifs is 1. The number of para-hydroxylation sites is 1. The molecule has 1 aromatic heterocycles. The number of halogens is 1. The van der Waals surface area contributed by atoms with Crippen LogP contribution in [0.3, 0.4) is 0 Å². The molecule has 0 fully saturated rings. The second kappa shape index (κ2) is 4.51. The van der Waals surface area contributed by atoms with Crippen molar-refractivity contribution < 1.29 is 4.92 Å². The van der Waals surface area contributed by atoms with Crippen LogP contribution in [0.15, 0.2) is 36.4 Å². The van der Waals surface area contributed by atoms with Crippen LogP contribution in [-0.2, 0) is 6.42 Å². The highest BCUT2D eigenvalue weighted by Gasteiger charge is 2.23. The molecule has 0 bridgehead atoms. The van der Waals surface area contributed by atoms with Crippen LogP contribution in [0.1, 0.15) is 5.56 Å². The Kier molecular flexibility index (Phi) is 2.83. The summed E-state index contributed by atoms with van der Waals surface area (Å²) in [5.41, 5.74) is 2.21. The van der Waals surface area contributed by atoms with Gasteiger partial charge in [-0.05, 0) is 18.1 Å². The minimum absolute atomic E-state index is 0.0422. The first-order valence-electron chi connectivity index (χ1n) is 5.82. The van der Waals surface area contributed by atoms with Crippen molar-refractivity contribution in [2.75, 3.05) is 11.4 Å². The van der Waals surface area contributed by atoms with Crippen molar-refractivity contribution in [3.63, 3.8) is 0 Å². The molecule has 0 amide bonds. The molecule has 6 heteroatoms. The molecule has 96 valence electrons. The highest BCUT2D eigenvalue weighted by molar-refractivity contribution is 6.29. The Morgan fingerprint density at radius 2 is 2.11 bits per heavy atom. The molecule has 0 unspecified atom stereocenters. The van der Waals surface area contributed by atoms with E-state index >= 15 is 0 Å². The molecule has 19 heavy (non-hydrogen) atoms. The van der Waals surface area contributed by atoms with E-state index in [-0.39, 0.29) is 10.8 Å². The number of hydrogen-bond acceptors (Lipinski definition) is 4. The Hall–Kier alpha value is -2.14. The quantitative estimate of drug-likeness (QED) is 0.479. The van der Waals surface area contributed by atoms with Gasteiger partial charge in [-0.25, -0.2) is 4.98 Å². The fourth-order valence-electron chi connectivity index (χ4n) is 2.29. The summed E-state index contributed by atoms with van der Waals surface area (Å²) in [4.78, 5) is 16.5. The second-order valence-corrected chi connectivity index (χ2v) is 4.68. The molecule has 0 radical (unpaired) electrons. The first-order valence-corrected chi connectivity index (χ1v) is 6.20. The van der Waals surface area contributed by atoms with Crippen LogP contribution in [-0.4, -0.2) is 16.5 Å². The lowest BCUT2D eigenvalue weighted by atomic mass is 10.2. The summed E-state index contributed by atoms with van der Waals surface area (Å²) in [5, 5.41) is 11.0. The molecule has 0 aliphatic carbocycles. The van der Waals surface area contributed by atoms with Crippen molar-refractivity contribution in [1.82, 2.24) is 4.98 Å². The van der Waals surface area contributed by atoms with Crippen LogP contribution in [0.5, 0.6) is 0 Å². The third-order valence-corrected chi connectivity index (χ3v) is 3.33. The van der Waals surface area contributed by atoms with E-state index in [1.165, 1.54) is 17.7 Å². The lowest BCUT2D eigenvalue weighted by Gasteiger charge is -2.18. The standard InChI is InChI=1S/C13H10ClN3O2/c14-12-7-10(17(18)19)8-13(15-12)16-6-5-9-3-1-2-4-11(9)16/h1-4,7-8H,5-6H2. The summed E-state index contributed by atoms with van der Waals surface area (Å²) in [6.45, 7) is 0.754. The Bertz CT molecular complexity index is 660. The molecule has 2 aromatic rings. The molecular weight excluding hydrogens is 266 g/mol. The average molecular weight is 276 g/mol. The number of aromatic nitrogens is 1. The van der Waals surface area contributed by atoms with E-state index in [0.29, 0.717) is 5.82 Å². The predicted molar refractivity (Wildman–Crippen MR) is 73.1 cm³/mol. The molecule has 5 nitrogen and oxygen atoms in total. The van der Waals surface area contributed by atoms with E-state index < -0.39 is 4.92 Å². The topological polar surface area (TPSA) is 59.3 Å². The van der Waals surface area contributed by atoms with Crippen molar-refractivity contribution in [3.05, 3.63) is 57.2 Å². The monoisotopic (exact) mass is 275 g/mol. The number of anilines is 2. The molecule has 0 N–H and O–H groups in total. The SMILES string of the molecule is O=[N+]([O-])c1cc(Cl)nc(N2CCc3ccccc32)c1. The Morgan fingerprint density at radius 3 is 2.89 bits per heavy atom. The van der Waals surface area contributed by atoms with E-state index in [1.807, 2.05) is 29.2 Å². The number of benzene rings is 1. The zero-order valence-electron chi connectivity index (χ0n) is 9.91. The van der Waals surface area contributed by atoms with Gasteiger partial charge in [-0.2, -0.15) is 0 Å². The third kappa shape index (κ3) is 2.13. The number of hydrogen-bond donors (Lipinski definition) is 0. The normalized spacial score (nSPS) is 13.4. The fourth-order valence-corrected chi connectivity index (χ4v) is 2.49. The van der Waals surface area contributed by atoms with Gasteiger partial charge in [-0.3, -0.25) is 10.1 Å². The lowest BCUT2D eigenvalue weighted by molar-refractivity contribution is -0.384. The second-order valence-electron chi connectivity index (χ2n) is 4.29. The maximum absolute atomic E-state index is 10.9. The number of rotatable bonds is 2. The smallest absolute Gasteiger partial charge is 0.276 e. The number of nitrogens with zero attached hydrogens (tertiary/aromatic N) is 3. The van der Waals surface area contributed by atoms with Gasteiger partial charge in [-0.15, -0.1) is 0 Å². The summed E-state index contributed by atoms with van der Waals surface area (Å²) in [5.74, 6) is 0.518. The van der Waals surface area contributed by atoms with Crippen molar-refractivity contribution in [3.8, 4) is 0 Å². The molecule has 1 aliphatic heterocycles. The predicted octanol–water partition coefficient (Wildman–Crippen LogP) is 3.34. The van der Waals surface area contributed by atoms with Crippen LogP contribution < -0.4 is 4.90 Å². The molecule has 0 saturated heterocycles. The molecule has 1 aromatic carbocycles. The summed E-state index contributed by atoms with van der Waals surface area (Å²) in [6, 6.07) is 10.7. The van der Waals surface area contributed by atoms with E-state index in [4.69, 9.17) is 11.6 Å². The summed E-state index contributed by atoms with van der Waals surface area (Å²) < 4.78 is 0. The van der Waals surface area contributed by atoms with Crippen LogP contribution in [0.25, 0.3) is 0 Å². The van der Waals surface area contributed by atoms with Crippen LogP contribution >= 0.6 is 11.6 Å². The maximum Gasteiger partial charge on any atom is 0.276 e. The molecule has 1 aliphatic rings. The third-order valence-electron chi connectivity index (χ3n) is 3.14.